The monoisotopic (exact) mass is 375 g/mol. The summed E-state index contributed by atoms with van der Waals surface area (Å²) < 4.78 is 0. The van der Waals surface area contributed by atoms with E-state index in [0.29, 0.717) is 32.6 Å². The fourth-order valence-electron chi connectivity index (χ4n) is 3.99. The molecule has 2 aromatic carbocycles. The highest BCUT2D eigenvalue weighted by molar-refractivity contribution is 5.95. The van der Waals surface area contributed by atoms with Crippen molar-refractivity contribution in [3.8, 4) is 0 Å². The van der Waals surface area contributed by atoms with Gasteiger partial charge < -0.3 is 14.8 Å². The van der Waals surface area contributed by atoms with Gasteiger partial charge in [0.1, 0.15) is 0 Å². The van der Waals surface area contributed by atoms with Crippen LogP contribution in [0.1, 0.15) is 27.0 Å². The number of nitrogens with one attached hydrogen (secondary N) is 1. The zero-order chi connectivity index (χ0) is 19.7. The lowest BCUT2D eigenvalue weighted by molar-refractivity contribution is -0.131. The third-order valence-electron chi connectivity index (χ3n) is 5.40. The van der Waals surface area contributed by atoms with Crippen molar-refractivity contribution in [1.29, 1.82) is 0 Å². The second kappa shape index (κ2) is 7.50. The smallest absolute Gasteiger partial charge is 0.253 e. The summed E-state index contributed by atoms with van der Waals surface area (Å²) >= 11 is 0. The Hall–Kier alpha value is -3.08. The van der Waals surface area contributed by atoms with Crippen LogP contribution in [-0.2, 0) is 11.2 Å². The first-order valence-corrected chi connectivity index (χ1v) is 9.71. The fourth-order valence-corrected chi connectivity index (χ4v) is 3.99. The molecule has 0 atom stereocenters. The fraction of sp³-hybridized carbons (Fsp3) is 0.304. The first-order valence-electron chi connectivity index (χ1n) is 9.71. The average molecular weight is 375 g/mol. The van der Waals surface area contributed by atoms with Gasteiger partial charge in [-0.1, -0.05) is 35.4 Å². The average Bonchev–Trinajstić information content (AvgIpc) is 3.10. The molecule has 4 rings (SSSR count). The maximum absolute atomic E-state index is 12.8. The lowest BCUT2D eigenvalue weighted by Gasteiger charge is -2.35. The zero-order valence-corrected chi connectivity index (χ0v) is 16.4. The summed E-state index contributed by atoms with van der Waals surface area (Å²) in [6, 6.07) is 14.0. The molecule has 0 bridgehead atoms. The molecule has 5 nitrogen and oxygen atoms in total. The van der Waals surface area contributed by atoms with Crippen LogP contribution in [0.3, 0.4) is 0 Å². The van der Waals surface area contributed by atoms with Gasteiger partial charge >= 0.3 is 0 Å². The number of carbonyl (C=O) groups excluding carboxylic acids is 2. The highest BCUT2D eigenvalue weighted by Gasteiger charge is 2.25. The molecule has 1 saturated heterocycles. The van der Waals surface area contributed by atoms with E-state index in [4.69, 9.17) is 0 Å². The highest BCUT2D eigenvalue weighted by Crippen LogP contribution is 2.19. The van der Waals surface area contributed by atoms with Crippen LogP contribution in [0.15, 0.2) is 48.7 Å². The van der Waals surface area contributed by atoms with Gasteiger partial charge in [0.25, 0.3) is 5.91 Å². The number of amides is 2. The molecular weight excluding hydrogens is 350 g/mol. The Kier molecular flexibility index (Phi) is 4.90. The number of aromatic amines is 1. The lowest BCUT2D eigenvalue weighted by Crippen LogP contribution is -2.51. The van der Waals surface area contributed by atoms with Crippen LogP contribution in [0, 0.1) is 13.8 Å². The van der Waals surface area contributed by atoms with E-state index in [1.54, 1.807) is 0 Å². The summed E-state index contributed by atoms with van der Waals surface area (Å²) in [7, 11) is 0. The lowest BCUT2D eigenvalue weighted by atomic mass is 10.1. The number of fused-ring (bicyclic) bond motifs is 1. The summed E-state index contributed by atoms with van der Waals surface area (Å²) in [4.78, 5) is 32.5. The minimum atomic E-state index is 0.0514. The van der Waals surface area contributed by atoms with Gasteiger partial charge in [0.15, 0.2) is 0 Å². The summed E-state index contributed by atoms with van der Waals surface area (Å²) in [6.45, 7) is 6.32. The van der Waals surface area contributed by atoms with Gasteiger partial charge in [-0.15, -0.1) is 0 Å². The molecule has 28 heavy (non-hydrogen) atoms. The molecule has 144 valence electrons. The first kappa shape index (κ1) is 18.3. The van der Waals surface area contributed by atoms with Crippen molar-refractivity contribution < 1.29 is 9.59 Å². The Morgan fingerprint density at radius 2 is 1.57 bits per heavy atom. The number of benzene rings is 2. The van der Waals surface area contributed by atoms with E-state index >= 15 is 0 Å². The normalized spacial score (nSPS) is 14.5. The molecule has 0 unspecified atom stereocenters. The molecule has 1 fully saturated rings. The van der Waals surface area contributed by atoms with Crippen LogP contribution in [0.25, 0.3) is 10.9 Å². The van der Waals surface area contributed by atoms with Gasteiger partial charge in [0, 0.05) is 48.8 Å². The Balaban J connectivity index is 1.38. The molecule has 5 heteroatoms. The molecule has 0 aliphatic carbocycles. The molecule has 3 aromatic rings. The van der Waals surface area contributed by atoms with Crippen molar-refractivity contribution in [2.75, 3.05) is 26.2 Å². The van der Waals surface area contributed by atoms with Crippen molar-refractivity contribution >= 4 is 22.7 Å². The number of H-pyrrole nitrogens is 1. The van der Waals surface area contributed by atoms with E-state index in [0.717, 1.165) is 33.2 Å². The zero-order valence-electron chi connectivity index (χ0n) is 16.4. The van der Waals surface area contributed by atoms with Crippen LogP contribution >= 0.6 is 0 Å². The highest BCUT2D eigenvalue weighted by atomic mass is 16.2. The van der Waals surface area contributed by atoms with Crippen LogP contribution < -0.4 is 0 Å². The van der Waals surface area contributed by atoms with Gasteiger partial charge in [-0.25, -0.2) is 0 Å². The second-order valence-corrected chi connectivity index (χ2v) is 7.59. The minimum Gasteiger partial charge on any atom is -0.361 e. The standard InChI is InChI=1S/C23H25N3O2/c1-16-11-17(2)13-18(12-16)23(28)26-9-7-25(8-10-26)22(27)14-19-15-24-21-6-4-3-5-20(19)21/h3-6,11-13,15,24H,7-10,14H2,1-2H3. The van der Waals surface area contributed by atoms with Crippen molar-refractivity contribution in [3.05, 3.63) is 70.9 Å². The summed E-state index contributed by atoms with van der Waals surface area (Å²) in [5.41, 5.74) is 4.99. The van der Waals surface area contributed by atoms with E-state index in [9.17, 15) is 9.59 Å². The predicted molar refractivity (Wildman–Crippen MR) is 110 cm³/mol. The number of rotatable bonds is 3. The third-order valence-corrected chi connectivity index (χ3v) is 5.40. The van der Waals surface area contributed by atoms with Crippen molar-refractivity contribution in [2.24, 2.45) is 0 Å². The van der Waals surface area contributed by atoms with Crippen LogP contribution in [0.4, 0.5) is 0 Å². The SMILES string of the molecule is Cc1cc(C)cc(C(=O)N2CCN(C(=O)Cc3c[nH]c4ccccc34)CC2)c1. The molecule has 1 N–H and O–H groups in total. The molecule has 1 aliphatic heterocycles. The number of hydrogen-bond acceptors (Lipinski definition) is 2. The molecule has 0 spiro atoms. The maximum atomic E-state index is 12.8. The van der Waals surface area contributed by atoms with Gasteiger partial charge in [-0.2, -0.15) is 0 Å². The molecular formula is C23H25N3O2. The number of hydrogen-bond donors (Lipinski definition) is 1. The largest absolute Gasteiger partial charge is 0.361 e. The van der Waals surface area contributed by atoms with Crippen molar-refractivity contribution in [3.63, 3.8) is 0 Å². The van der Waals surface area contributed by atoms with E-state index in [2.05, 4.69) is 11.1 Å². The van der Waals surface area contributed by atoms with E-state index in [1.165, 1.54) is 0 Å². The number of piperazine rings is 1. The van der Waals surface area contributed by atoms with Crippen LogP contribution in [0.2, 0.25) is 0 Å². The summed E-state index contributed by atoms with van der Waals surface area (Å²) in [5.74, 6) is 0.166. The number of aryl methyl sites for hydroxylation is 2. The Morgan fingerprint density at radius 1 is 0.929 bits per heavy atom. The number of aromatic nitrogens is 1. The van der Waals surface area contributed by atoms with E-state index < -0.39 is 0 Å². The topological polar surface area (TPSA) is 56.4 Å². The molecule has 2 amide bonds. The maximum Gasteiger partial charge on any atom is 0.253 e. The minimum absolute atomic E-state index is 0.0514. The molecule has 0 saturated carbocycles. The number of carbonyl (C=O) groups is 2. The van der Waals surface area contributed by atoms with Gasteiger partial charge in [-0.05, 0) is 37.6 Å². The van der Waals surface area contributed by atoms with Gasteiger partial charge in [0.2, 0.25) is 5.91 Å². The predicted octanol–water partition coefficient (Wildman–Crippen LogP) is 3.31. The number of para-hydroxylation sites is 1. The Bertz CT molecular complexity index is 1010. The Morgan fingerprint density at radius 3 is 2.29 bits per heavy atom. The summed E-state index contributed by atoms with van der Waals surface area (Å²) in [6.07, 6.45) is 2.30. The van der Waals surface area contributed by atoms with Crippen LogP contribution in [-0.4, -0.2) is 52.8 Å². The molecule has 1 aliphatic rings. The van der Waals surface area contributed by atoms with E-state index in [1.807, 2.05) is 66.2 Å². The summed E-state index contributed by atoms with van der Waals surface area (Å²) in [5, 5.41) is 1.10. The number of nitrogens with zero attached hydrogens (tertiary/aromatic N) is 2. The molecule has 1 aromatic heterocycles. The van der Waals surface area contributed by atoms with Gasteiger partial charge in [-0.3, -0.25) is 9.59 Å². The van der Waals surface area contributed by atoms with Gasteiger partial charge in [0.05, 0.1) is 6.42 Å². The second-order valence-electron chi connectivity index (χ2n) is 7.59. The van der Waals surface area contributed by atoms with Crippen LogP contribution in [0.5, 0.6) is 0 Å². The molecule has 2 heterocycles. The van der Waals surface area contributed by atoms with E-state index in [-0.39, 0.29) is 11.8 Å². The van der Waals surface area contributed by atoms with Crippen molar-refractivity contribution in [2.45, 2.75) is 20.3 Å². The first-order chi connectivity index (χ1) is 13.5. The Labute approximate surface area is 165 Å². The van der Waals surface area contributed by atoms with Crippen molar-refractivity contribution in [1.82, 2.24) is 14.8 Å². The third kappa shape index (κ3) is 3.65. The quantitative estimate of drug-likeness (QED) is 0.764. The molecule has 0 radical (unpaired) electrons.